The van der Waals surface area contributed by atoms with E-state index in [2.05, 4.69) is 6.92 Å². The quantitative estimate of drug-likeness (QED) is 0.747. The second-order valence-electron chi connectivity index (χ2n) is 5.95. The molecule has 1 aliphatic rings. The molecule has 0 spiro atoms. The first-order valence-corrected chi connectivity index (χ1v) is 10.2. The van der Waals surface area contributed by atoms with Gasteiger partial charge in [0.15, 0.2) is 0 Å². The fourth-order valence-corrected chi connectivity index (χ4v) is 3.69. The van der Waals surface area contributed by atoms with Crippen molar-refractivity contribution in [3.05, 3.63) is 29.8 Å². The third kappa shape index (κ3) is 5.21. The van der Waals surface area contributed by atoms with Crippen LogP contribution < -0.4 is 4.31 Å². The highest BCUT2D eigenvalue weighted by atomic mass is 32.2. The molecular formula is C17H26N2O4S. The van der Waals surface area contributed by atoms with Crippen LogP contribution in [0.4, 0.5) is 5.69 Å². The van der Waals surface area contributed by atoms with Gasteiger partial charge in [-0.3, -0.25) is 9.10 Å². The normalized spacial score (nSPS) is 15.3. The van der Waals surface area contributed by atoms with Gasteiger partial charge in [0.2, 0.25) is 15.9 Å². The Balaban J connectivity index is 1.95. The molecule has 0 saturated carbocycles. The van der Waals surface area contributed by atoms with Crippen molar-refractivity contribution in [2.45, 2.75) is 26.2 Å². The molecular weight excluding hydrogens is 328 g/mol. The molecule has 2 rings (SSSR count). The maximum atomic E-state index is 12.2. The topological polar surface area (TPSA) is 66.9 Å². The van der Waals surface area contributed by atoms with E-state index in [1.807, 2.05) is 24.3 Å². The van der Waals surface area contributed by atoms with E-state index < -0.39 is 10.0 Å². The third-order valence-corrected chi connectivity index (χ3v) is 5.34. The number of rotatable bonds is 7. The fourth-order valence-electron chi connectivity index (χ4n) is 2.73. The first kappa shape index (κ1) is 18.7. The largest absolute Gasteiger partial charge is 0.378 e. The number of anilines is 1. The van der Waals surface area contributed by atoms with Gasteiger partial charge in [0.1, 0.15) is 0 Å². The third-order valence-electron chi connectivity index (χ3n) is 4.15. The van der Waals surface area contributed by atoms with Gasteiger partial charge in [-0.05, 0) is 30.5 Å². The number of sulfonamides is 1. The lowest BCUT2D eigenvalue weighted by molar-refractivity contribution is -0.135. The van der Waals surface area contributed by atoms with E-state index in [0.29, 0.717) is 51.4 Å². The Bertz CT molecular complexity index is 637. The minimum atomic E-state index is -3.37. The number of ether oxygens (including phenoxy) is 1. The van der Waals surface area contributed by atoms with Crippen molar-refractivity contribution in [3.63, 3.8) is 0 Å². The lowest BCUT2D eigenvalue weighted by Crippen LogP contribution is -2.41. The number of carbonyl (C=O) groups excluding carboxylic acids is 1. The number of amides is 1. The summed E-state index contributed by atoms with van der Waals surface area (Å²) >= 11 is 0. The Hall–Kier alpha value is -1.60. The zero-order chi connectivity index (χ0) is 17.6. The van der Waals surface area contributed by atoms with E-state index in [-0.39, 0.29) is 5.91 Å². The molecule has 1 amide bonds. The minimum absolute atomic E-state index is 0.0630. The summed E-state index contributed by atoms with van der Waals surface area (Å²) < 4.78 is 30.8. The van der Waals surface area contributed by atoms with Crippen molar-refractivity contribution in [2.75, 3.05) is 43.4 Å². The molecule has 0 unspecified atom stereocenters. The van der Waals surface area contributed by atoms with Crippen molar-refractivity contribution in [2.24, 2.45) is 0 Å². The first-order valence-electron chi connectivity index (χ1n) is 8.34. The summed E-state index contributed by atoms with van der Waals surface area (Å²) in [6, 6.07) is 7.52. The average Bonchev–Trinajstić information content (AvgIpc) is 2.58. The molecule has 1 aromatic carbocycles. The van der Waals surface area contributed by atoms with E-state index in [1.165, 1.54) is 10.6 Å². The molecule has 0 aromatic heterocycles. The van der Waals surface area contributed by atoms with Crippen LogP contribution in [0.2, 0.25) is 0 Å². The van der Waals surface area contributed by atoms with Crippen molar-refractivity contribution in [1.29, 1.82) is 0 Å². The van der Waals surface area contributed by atoms with Crippen LogP contribution in [0, 0.1) is 0 Å². The molecule has 1 saturated heterocycles. The molecule has 0 bridgehead atoms. The van der Waals surface area contributed by atoms with Crippen LogP contribution in [-0.4, -0.2) is 58.3 Å². The molecule has 0 N–H and O–H groups in total. The van der Waals surface area contributed by atoms with Gasteiger partial charge in [-0.1, -0.05) is 19.1 Å². The van der Waals surface area contributed by atoms with Gasteiger partial charge in [-0.2, -0.15) is 0 Å². The van der Waals surface area contributed by atoms with E-state index in [0.717, 1.165) is 12.0 Å². The number of morpholine rings is 1. The standard InChI is InChI=1S/C17H26N2O4S/c1-3-15-6-8-16(9-7-15)19(24(2,21)22)10-4-5-17(20)18-11-13-23-14-12-18/h6-9H,3-5,10-14H2,1-2H3. The lowest BCUT2D eigenvalue weighted by atomic mass is 10.1. The number of hydrogen-bond donors (Lipinski definition) is 0. The van der Waals surface area contributed by atoms with Crippen LogP contribution in [0.25, 0.3) is 0 Å². The van der Waals surface area contributed by atoms with Crippen molar-refractivity contribution >= 4 is 21.6 Å². The van der Waals surface area contributed by atoms with Crippen LogP contribution in [0.15, 0.2) is 24.3 Å². The number of benzene rings is 1. The fraction of sp³-hybridized carbons (Fsp3) is 0.588. The summed E-state index contributed by atoms with van der Waals surface area (Å²) in [5.41, 5.74) is 1.81. The van der Waals surface area contributed by atoms with Crippen molar-refractivity contribution in [3.8, 4) is 0 Å². The molecule has 1 fully saturated rings. The van der Waals surface area contributed by atoms with E-state index >= 15 is 0 Å². The number of aryl methyl sites for hydroxylation is 1. The molecule has 1 aromatic rings. The van der Waals surface area contributed by atoms with Crippen molar-refractivity contribution in [1.82, 2.24) is 4.90 Å². The first-order chi connectivity index (χ1) is 11.4. The van der Waals surface area contributed by atoms with Gasteiger partial charge in [0.25, 0.3) is 0 Å². The van der Waals surface area contributed by atoms with Gasteiger partial charge in [-0.15, -0.1) is 0 Å². The van der Waals surface area contributed by atoms with E-state index in [1.54, 1.807) is 4.90 Å². The Morgan fingerprint density at radius 2 is 1.83 bits per heavy atom. The summed E-state index contributed by atoms with van der Waals surface area (Å²) in [4.78, 5) is 13.9. The summed E-state index contributed by atoms with van der Waals surface area (Å²) in [5, 5.41) is 0. The molecule has 24 heavy (non-hydrogen) atoms. The van der Waals surface area contributed by atoms with Gasteiger partial charge in [0, 0.05) is 26.1 Å². The highest BCUT2D eigenvalue weighted by molar-refractivity contribution is 7.92. The van der Waals surface area contributed by atoms with Crippen LogP contribution in [-0.2, 0) is 26.0 Å². The number of hydrogen-bond acceptors (Lipinski definition) is 4. The Morgan fingerprint density at radius 3 is 2.38 bits per heavy atom. The molecule has 6 nitrogen and oxygen atoms in total. The van der Waals surface area contributed by atoms with E-state index in [9.17, 15) is 13.2 Å². The molecule has 0 aliphatic carbocycles. The lowest BCUT2D eigenvalue weighted by Gasteiger charge is -2.27. The zero-order valence-electron chi connectivity index (χ0n) is 14.4. The molecule has 1 aliphatic heterocycles. The Kier molecular flexibility index (Phi) is 6.62. The number of carbonyl (C=O) groups is 1. The maximum absolute atomic E-state index is 12.2. The summed E-state index contributed by atoms with van der Waals surface area (Å²) in [5.74, 6) is 0.0630. The van der Waals surface area contributed by atoms with Crippen molar-refractivity contribution < 1.29 is 17.9 Å². The smallest absolute Gasteiger partial charge is 0.232 e. The number of nitrogens with zero attached hydrogens (tertiary/aromatic N) is 2. The minimum Gasteiger partial charge on any atom is -0.378 e. The van der Waals surface area contributed by atoms with Gasteiger partial charge in [-0.25, -0.2) is 8.42 Å². The van der Waals surface area contributed by atoms with Gasteiger partial charge in [0.05, 0.1) is 25.2 Å². The second-order valence-corrected chi connectivity index (χ2v) is 7.86. The van der Waals surface area contributed by atoms with Gasteiger partial charge >= 0.3 is 0 Å². The highest BCUT2D eigenvalue weighted by Gasteiger charge is 2.20. The second kappa shape index (κ2) is 8.48. The highest BCUT2D eigenvalue weighted by Crippen LogP contribution is 2.19. The molecule has 7 heteroatoms. The maximum Gasteiger partial charge on any atom is 0.232 e. The zero-order valence-corrected chi connectivity index (χ0v) is 15.2. The van der Waals surface area contributed by atoms with Gasteiger partial charge < -0.3 is 9.64 Å². The molecule has 0 radical (unpaired) electrons. The summed E-state index contributed by atoms with van der Waals surface area (Å²) in [7, 11) is -3.37. The summed E-state index contributed by atoms with van der Waals surface area (Å²) in [6.45, 7) is 4.75. The molecule has 134 valence electrons. The van der Waals surface area contributed by atoms with Crippen LogP contribution >= 0.6 is 0 Å². The van der Waals surface area contributed by atoms with Crippen LogP contribution in [0.3, 0.4) is 0 Å². The SMILES string of the molecule is CCc1ccc(N(CCCC(=O)N2CCOCC2)S(C)(=O)=O)cc1. The van der Waals surface area contributed by atoms with Crippen LogP contribution in [0.1, 0.15) is 25.3 Å². The average molecular weight is 354 g/mol. The molecule has 1 heterocycles. The Morgan fingerprint density at radius 1 is 1.21 bits per heavy atom. The summed E-state index contributed by atoms with van der Waals surface area (Å²) in [6.07, 6.45) is 2.95. The molecule has 0 atom stereocenters. The Labute approximate surface area is 144 Å². The van der Waals surface area contributed by atoms with E-state index in [4.69, 9.17) is 4.74 Å². The predicted octanol–water partition coefficient (Wildman–Crippen LogP) is 1.65. The predicted molar refractivity (Wildman–Crippen MR) is 94.6 cm³/mol. The monoisotopic (exact) mass is 354 g/mol. The van der Waals surface area contributed by atoms with Crippen LogP contribution in [0.5, 0.6) is 0 Å².